The summed E-state index contributed by atoms with van der Waals surface area (Å²) in [6, 6.07) is 4.88. The molecular weight excluding hydrogens is 418 g/mol. The van der Waals surface area contributed by atoms with Crippen molar-refractivity contribution in [2.75, 3.05) is 15.8 Å². The van der Waals surface area contributed by atoms with E-state index in [1.54, 1.807) is 19.9 Å². The summed E-state index contributed by atoms with van der Waals surface area (Å²) < 4.78 is 54.7. The minimum absolute atomic E-state index is 0.166. The Balaban J connectivity index is 1.89. The number of hydrogen-bond acceptors (Lipinski definition) is 5. The van der Waals surface area contributed by atoms with Crippen LogP contribution in [0, 0.1) is 11.6 Å². The molecule has 160 valence electrons. The third kappa shape index (κ3) is 4.57. The van der Waals surface area contributed by atoms with Gasteiger partial charge in [-0.3, -0.25) is 9.52 Å². The Labute approximate surface area is 171 Å². The molecular formula is C19H20F2N4O4S. The topological polar surface area (TPSA) is 124 Å². The number of carbonyl (C=O) groups is 1. The number of aromatic nitrogens is 2. The largest absolute Gasteiger partial charge is 0.387 e. The second-order valence-corrected chi connectivity index (χ2v) is 8.56. The standard InChI is InChI=1S/C19H20F2N4O4S/c1-3-6-30(28,29)25-14-5-4-13(20)16(17(14)21)19(27)23-12-7-11-8-15(10(2)26)24-18(11)22-9-12/h4-5,7-10,25-26H,3,6H2,1-2H3,(H,22,24)(H,23,27). The number of amides is 1. The number of hydrogen-bond donors (Lipinski definition) is 4. The lowest BCUT2D eigenvalue weighted by molar-refractivity contribution is 0.101. The van der Waals surface area contributed by atoms with Crippen LogP contribution in [0.15, 0.2) is 30.5 Å². The summed E-state index contributed by atoms with van der Waals surface area (Å²) in [7, 11) is -3.83. The number of pyridine rings is 1. The number of aliphatic hydroxyl groups excluding tert-OH is 1. The molecule has 11 heteroatoms. The smallest absolute Gasteiger partial charge is 0.261 e. The van der Waals surface area contributed by atoms with Crippen molar-refractivity contribution >= 4 is 38.3 Å². The van der Waals surface area contributed by atoms with Gasteiger partial charge in [0, 0.05) is 11.1 Å². The predicted octanol–water partition coefficient (Wildman–Crippen LogP) is 3.30. The van der Waals surface area contributed by atoms with E-state index in [0.717, 1.165) is 12.1 Å². The highest BCUT2D eigenvalue weighted by molar-refractivity contribution is 7.92. The summed E-state index contributed by atoms with van der Waals surface area (Å²) in [4.78, 5) is 19.5. The molecule has 1 unspecified atom stereocenters. The maximum Gasteiger partial charge on any atom is 0.261 e. The molecule has 0 aliphatic rings. The quantitative estimate of drug-likeness (QED) is 0.451. The molecule has 4 N–H and O–H groups in total. The van der Waals surface area contributed by atoms with Gasteiger partial charge in [0.1, 0.15) is 17.0 Å². The maximum absolute atomic E-state index is 14.7. The van der Waals surface area contributed by atoms with Crippen molar-refractivity contribution in [3.05, 3.63) is 53.4 Å². The number of anilines is 2. The molecule has 1 atom stereocenters. The number of aromatic amines is 1. The second-order valence-electron chi connectivity index (χ2n) is 6.72. The molecule has 8 nitrogen and oxygen atoms in total. The molecule has 30 heavy (non-hydrogen) atoms. The minimum Gasteiger partial charge on any atom is -0.387 e. The second kappa shape index (κ2) is 8.36. The van der Waals surface area contributed by atoms with Crippen molar-refractivity contribution in [1.82, 2.24) is 9.97 Å². The van der Waals surface area contributed by atoms with E-state index in [4.69, 9.17) is 0 Å². The molecule has 3 aromatic rings. The normalized spacial score (nSPS) is 12.7. The van der Waals surface area contributed by atoms with Gasteiger partial charge in [-0.05, 0) is 37.6 Å². The van der Waals surface area contributed by atoms with Gasteiger partial charge in [-0.1, -0.05) is 6.92 Å². The number of carbonyl (C=O) groups excluding carboxylic acids is 1. The van der Waals surface area contributed by atoms with E-state index in [1.165, 1.54) is 12.3 Å². The van der Waals surface area contributed by atoms with Crippen molar-refractivity contribution in [3.63, 3.8) is 0 Å². The number of halogens is 2. The third-order valence-corrected chi connectivity index (χ3v) is 5.73. The Morgan fingerprint density at radius 1 is 1.30 bits per heavy atom. The number of rotatable bonds is 7. The number of H-pyrrole nitrogens is 1. The lowest BCUT2D eigenvalue weighted by Gasteiger charge is -2.12. The molecule has 2 aromatic heterocycles. The van der Waals surface area contributed by atoms with Crippen molar-refractivity contribution in [3.8, 4) is 0 Å². The lowest BCUT2D eigenvalue weighted by Crippen LogP contribution is -2.20. The number of nitrogens with zero attached hydrogens (tertiary/aromatic N) is 1. The van der Waals surface area contributed by atoms with E-state index < -0.39 is 44.9 Å². The molecule has 0 aliphatic carbocycles. The molecule has 2 heterocycles. The van der Waals surface area contributed by atoms with Crippen LogP contribution in [-0.4, -0.2) is 35.2 Å². The number of sulfonamides is 1. The van der Waals surface area contributed by atoms with Crippen LogP contribution < -0.4 is 10.0 Å². The molecule has 0 fully saturated rings. The van der Waals surface area contributed by atoms with Gasteiger partial charge in [-0.15, -0.1) is 0 Å². The fourth-order valence-electron chi connectivity index (χ4n) is 2.85. The zero-order chi connectivity index (χ0) is 22.1. The molecule has 0 bridgehead atoms. The highest BCUT2D eigenvalue weighted by Crippen LogP contribution is 2.25. The van der Waals surface area contributed by atoms with Gasteiger partial charge in [0.2, 0.25) is 10.0 Å². The summed E-state index contributed by atoms with van der Waals surface area (Å²) in [6.45, 7) is 3.21. The van der Waals surface area contributed by atoms with Crippen LogP contribution in [0.1, 0.15) is 42.4 Å². The molecule has 0 saturated carbocycles. The van der Waals surface area contributed by atoms with E-state index in [-0.39, 0.29) is 11.4 Å². The van der Waals surface area contributed by atoms with E-state index in [1.807, 2.05) is 4.72 Å². The first-order chi connectivity index (χ1) is 14.1. The zero-order valence-corrected chi connectivity index (χ0v) is 17.0. The molecule has 0 saturated heterocycles. The predicted molar refractivity (Wildman–Crippen MR) is 109 cm³/mol. The van der Waals surface area contributed by atoms with Gasteiger partial charge >= 0.3 is 0 Å². The molecule has 1 aromatic carbocycles. The average Bonchev–Trinajstić information content (AvgIpc) is 3.08. The molecule has 0 aliphatic heterocycles. The fourth-order valence-corrected chi connectivity index (χ4v) is 3.98. The van der Waals surface area contributed by atoms with Crippen LogP contribution >= 0.6 is 0 Å². The van der Waals surface area contributed by atoms with Crippen LogP contribution in [0.25, 0.3) is 11.0 Å². The van der Waals surface area contributed by atoms with Crippen LogP contribution in [0.5, 0.6) is 0 Å². The molecule has 3 rings (SSSR count). The van der Waals surface area contributed by atoms with Crippen LogP contribution in [0.2, 0.25) is 0 Å². The maximum atomic E-state index is 14.7. The summed E-state index contributed by atoms with van der Waals surface area (Å²) in [5.41, 5.74) is -0.292. The Hall–Kier alpha value is -3.05. The van der Waals surface area contributed by atoms with Crippen LogP contribution in [0.4, 0.5) is 20.2 Å². The zero-order valence-electron chi connectivity index (χ0n) is 16.2. The number of nitrogens with one attached hydrogen (secondary N) is 3. The molecule has 0 radical (unpaired) electrons. The van der Waals surface area contributed by atoms with Gasteiger partial charge in [0.25, 0.3) is 5.91 Å². The molecule has 0 spiro atoms. The van der Waals surface area contributed by atoms with E-state index in [9.17, 15) is 27.1 Å². The van der Waals surface area contributed by atoms with Gasteiger partial charge in [0.05, 0.1) is 29.4 Å². The van der Waals surface area contributed by atoms with Crippen molar-refractivity contribution in [2.45, 2.75) is 26.4 Å². The lowest BCUT2D eigenvalue weighted by atomic mass is 10.1. The van der Waals surface area contributed by atoms with Gasteiger partial charge < -0.3 is 15.4 Å². The Kier molecular flexibility index (Phi) is 6.04. The van der Waals surface area contributed by atoms with Crippen LogP contribution in [0.3, 0.4) is 0 Å². The Morgan fingerprint density at radius 2 is 2.03 bits per heavy atom. The van der Waals surface area contributed by atoms with Crippen molar-refractivity contribution < 1.29 is 27.1 Å². The van der Waals surface area contributed by atoms with E-state index in [0.29, 0.717) is 23.1 Å². The SMILES string of the molecule is CCCS(=O)(=O)Nc1ccc(F)c(C(=O)Nc2cnc3[nH]c(C(C)O)cc3c2)c1F. The monoisotopic (exact) mass is 438 g/mol. The highest BCUT2D eigenvalue weighted by Gasteiger charge is 2.23. The van der Waals surface area contributed by atoms with Crippen molar-refractivity contribution in [1.29, 1.82) is 0 Å². The van der Waals surface area contributed by atoms with E-state index in [2.05, 4.69) is 15.3 Å². The minimum atomic E-state index is -3.83. The summed E-state index contributed by atoms with van der Waals surface area (Å²) in [5, 5.41) is 12.6. The molecule has 1 amide bonds. The summed E-state index contributed by atoms with van der Waals surface area (Å²) >= 11 is 0. The Morgan fingerprint density at radius 3 is 2.70 bits per heavy atom. The Bertz CT molecular complexity index is 1210. The van der Waals surface area contributed by atoms with Crippen molar-refractivity contribution in [2.24, 2.45) is 0 Å². The summed E-state index contributed by atoms with van der Waals surface area (Å²) in [6.07, 6.45) is 0.836. The number of aliphatic hydroxyl groups is 1. The first-order valence-corrected chi connectivity index (χ1v) is 10.7. The fraction of sp³-hybridized carbons (Fsp3) is 0.263. The van der Waals surface area contributed by atoms with Crippen LogP contribution in [-0.2, 0) is 10.0 Å². The highest BCUT2D eigenvalue weighted by atomic mass is 32.2. The number of benzene rings is 1. The van der Waals surface area contributed by atoms with Gasteiger partial charge in [0.15, 0.2) is 5.82 Å². The van der Waals surface area contributed by atoms with Gasteiger partial charge in [-0.25, -0.2) is 22.2 Å². The third-order valence-electron chi connectivity index (χ3n) is 4.26. The number of fused-ring (bicyclic) bond motifs is 1. The van der Waals surface area contributed by atoms with Gasteiger partial charge in [-0.2, -0.15) is 0 Å². The summed E-state index contributed by atoms with van der Waals surface area (Å²) in [5.74, 6) is -3.81. The van der Waals surface area contributed by atoms with E-state index >= 15 is 0 Å². The first-order valence-electron chi connectivity index (χ1n) is 9.08. The average molecular weight is 438 g/mol. The first kappa shape index (κ1) is 21.7.